The molecular weight excluding hydrogens is 214 g/mol. The number of aromatic nitrogens is 2. The first kappa shape index (κ1) is 9.97. The van der Waals surface area contributed by atoms with Crippen LogP contribution in [0.3, 0.4) is 0 Å². The summed E-state index contributed by atoms with van der Waals surface area (Å²) in [5.74, 6) is 0. The van der Waals surface area contributed by atoms with Crippen molar-refractivity contribution in [3.05, 3.63) is 33.4 Å². The largest absolute Gasteiger partial charge is 0.396 e. The van der Waals surface area contributed by atoms with E-state index in [2.05, 4.69) is 15.0 Å². The Hall–Kier alpha value is -1.56. The number of nitrogens with zero attached hydrogens (tertiary/aromatic N) is 5. The first-order chi connectivity index (χ1) is 7.27. The molecule has 1 N–H and O–H groups in total. The summed E-state index contributed by atoms with van der Waals surface area (Å²) in [5.41, 5.74) is 9.94. The molecule has 0 aromatic carbocycles. The van der Waals surface area contributed by atoms with Gasteiger partial charge >= 0.3 is 0 Å². The van der Waals surface area contributed by atoms with E-state index >= 15 is 0 Å². The maximum Gasteiger partial charge on any atom is 0.194 e. The number of aliphatic hydroxyl groups is 1. The molecule has 0 aliphatic rings. The molecule has 0 aliphatic heterocycles. The van der Waals surface area contributed by atoms with Gasteiger partial charge in [0, 0.05) is 16.5 Å². The third-order valence-corrected chi connectivity index (χ3v) is 2.92. The van der Waals surface area contributed by atoms with Gasteiger partial charge in [-0.3, -0.25) is 4.40 Å². The quantitative estimate of drug-likeness (QED) is 0.490. The molecular formula is C8H9N5OS. The van der Waals surface area contributed by atoms with Gasteiger partial charge in [0.2, 0.25) is 0 Å². The number of fused-ring (bicyclic) bond motifs is 1. The fraction of sp³-hybridized carbons (Fsp3) is 0.375. The number of hydrogen-bond donors (Lipinski definition) is 1. The van der Waals surface area contributed by atoms with Crippen LogP contribution in [-0.2, 0) is 0 Å². The topological polar surface area (TPSA) is 86.3 Å². The van der Waals surface area contributed by atoms with E-state index in [0.717, 1.165) is 16.3 Å². The second-order valence-electron chi connectivity index (χ2n) is 3.04. The van der Waals surface area contributed by atoms with Crippen molar-refractivity contribution in [2.24, 2.45) is 5.11 Å². The molecule has 2 heterocycles. The molecule has 7 heteroatoms. The van der Waals surface area contributed by atoms with Crippen LogP contribution in [0, 0.1) is 6.92 Å². The van der Waals surface area contributed by atoms with Crippen molar-refractivity contribution >= 4 is 16.3 Å². The molecule has 1 unspecified atom stereocenters. The van der Waals surface area contributed by atoms with Crippen molar-refractivity contribution in [1.82, 2.24) is 9.38 Å². The second-order valence-corrected chi connectivity index (χ2v) is 3.91. The van der Waals surface area contributed by atoms with Crippen LogP contribution in [-0.4, -0.2) is 21.1 Å². The predicted octanol–water partition coefficient (Wildman–Crippen LogP) is 2.05. The van der Waals surface area contributed by atoms with E-state index in [1.165, 1.54) is 11.3 Å². The van der Waals surface area contributed by atoms with E-state index < -0.39 is 6.04 Å². The van der Waals surface area contributed by atoms with Gasteiger partial charge in [0.05, 0.1) is 18.0 Å². The average Bonchev–Trinajstić information content (AvgIpc) is 2.75. The van der Waals surface area contributed by atoms with Crippen molar-refractivity contribution in [3.63, 3.8) is 0 Å². The monoisotopic (exact) mass is 223 g/mol. The summed E-state index contributed by atoms with van der Waals surface area (Å²) in [5, 5.41) is 14.6. The fourth-order valence-electron chi connectivity index (χ4n) is 1.55. The van der Waals surface area contributed by atoms with Gasteiger partial charge in [0.15, 0.2) is 4.96 Å². The van der Waals surface area contributed by atoms with Crippen LogP contribution in [0.25, 0.3) is 15.4 Å². The molecule has 2 aromatic heterocycles. The smallest absolute Gasteiger partial charge is 0.194 e. The molecule has 2 rings (SSSR count). The zero-order chi connectivity index (χ0) is 10.8. The molecule has 0 bridgehead atoms. The number of hydrogen-bond acceptors (Lipinski definition) is 4. The van der Waals surface area contributed by atoms with Gasteiger partial charge in [-0.1, -0.05) is 5.11 Å². The Balaban J connectivity index is 2.61. The van der Waals surface area contributed by atoms with Crippen LogP contribution in [0.2, 0.25) is 0 Å². The summed E-state index contributed by atoms with van der Waals surface area (Å²) in [4.78, 5) is 7.88. The molecule has 0 aliphatic carbocycles. The minimum Gasteiger partial charge on any atom is -0.396 e. The average molecular weight is 223 g/mol. The van der Waals surface area contributed by atoms with Crippen molar-refractivity contribution < 1.29 is 5.11 Å². The highest BCUT2D eigenvalue weighted by atomic mass is 32.1. The third-order valence-electron chi connectivity index (χ3n) is 2.16. The lowest BCUT2D eigenvalue weighted by Gasteiger charge is -2.07. The molecule has 2 aromatic rings. The molecule has 0 amide bonds. The summed E-state index contributed by atoms with van der Waals surface area (Å²) in [6, 6.07) is -0.570. The number of imidazole rings is 1. The van der Waals surface area contributed by atoms with Crippen molar-refractivity contribution in [1.29, 1.82) is 0 Å². The Kier molecular flexibility index (Phi) is 2.59. The number of rotatable bonds is 3. The highest BCUT2D eigenvalue weighted by Gasteiger charge is 2.17. The van der Waals surface area contributed by atoms with Gasteiger partial charge in [-0.15, -0.1) is 11.3 Å². The van der Waals surface area contributed by atoms with E-state index in [0.29, 0.717) is 0 Å². The zero-order valence-electron chi connectivity index (χ0n) is 8.03. The fourth-order valence-corrected chi connectivity index (χ4v) is 2.32. The maximum absolute atomic E-state index is 9.15. The Morgan fingerprint density at radius 2 is 2.60 bits per heavy atom. The van der Waals surface area contributed by atoms with E-state index in [1.807, 2.05) is 22.9 Å². The standard InChI is InChI=1S/C8H9N5OS/c1-5-7(6(4-14)11-12-9)13-2-3-15-8(13)10-5/h2-3,6,14H,4H2,1H3. The number of azide groups is 1. The van der Waals surface area contributed by atoms with Crippen LogP contribution in [0.1, 0.15) is 17.4 Å². The summed E-state index contributed by atoms with van der Waals surface area (Å²) in [6.07, 6.45) is 1.85. The Morgan fingerprint density at radius 1 is 1.80 bits per heavy atom. The minimum absolute atomic E-state index is 0.214. The van der Waals surface area contributed by atoms with E-state index in [9.17, 15) is 0 Å². The number of aryl methyl sites for hydroxylation is 1. The first-order valence-corrected chi connectivity index (χ1v) is 5.23. The van der Waals surface area contributed by atoms with Gasteiger partial charge in [-0.25, -0.2) is 4.98 Å². The molecule has 78 valence electrons. The lowest BCUT2D eigenvalue weighted by molar-refractivity contribution is 0.265. The van der Waals surface area contributed by atoms with Gasteiger partial charge < -0.3 is 5.11 Å². The Labute approximate surface area is 89.4 Å². The molecule has 1 atom stereocenters. The normalized spacial score (nSPS) is 12.7. The van der Waals surface area contributed by atoms with Gasteiger partial charge in [-0.05, 0) is 12.5 Å². The zero-order valence-corrected chi connectivity index (χ0v) is 8.85. The Bertz CT molecular complexity index is 524. The maximum atomic E-state index is 9.15. The molecule has 0 saturated heterocycles. The van der Waals surface area contributed by atoms with Crippen LogP contribution >= 0.6 is 11.3 Å². The van der Waals surface area contributed by atoms with E-state index in [-0.39, 0.29) is 6.61 Å². The van der Waals surface area contributed by atoms with Crippen LogP contribution in [0.15, 0.2) is 16.7 Å². The molecule has 0 radical (unpaired) electrons. The van der Waals surface area contributed by atoms with Crippen molar-refractivity contribution in [2.45, 2.75) is 13.0 Å². The van der Waals surface area contributed by atoms with Gasteiger partial charge in [0.25, 0.3) is 0 Å². The highest BCUT2D eigenvalue weighted by Crippen LogP contribution is 2.24. The SMILES string of the molecule is Cc1nc2sccn2c1C(CO)N=[N+]=[N-]. The predicted molar refractivity (Wildman–Crippen MR) is 56.8 cm³/mol. The van der Waals surface area contributed by atoms with Crippen LogP contribution < -0.4 is 0 Å². The molecule has 15 heavy (non-hydrogen) atoms. The van der Waals surface area contributed by atoms with E-state index in [1.54, 1.807) is 0 Å². The number of aliphatic hydroxyl groups excluding tert-OH is 1. The molecule has 6 nitrogen and oxygen atoms in total. The highest BCUT2D eigenvalue weighted by molar-refractivity contribution is 7.15. The number of thiazole rings is 1. The van der Waals surface area contributed by atoms with E-state index in [4.69, 9.17) is 10.6 Å². The summed E-state index contributed by atoms with van der Waals surface area (Å²) in [7, 11) is 0. The Morgan fingerprint density at radius 3 is 3.27 bits per heavy atom. The lowest BCUT2D eigenvalue weighted by Crippen LogP contribution is -2.04. The first-order valence-electron chi connectivity index (χ1n) is 4.35. The molecule has 0 fully saturated rings. The minimum atomic E-state index is -0.570. The second kappa shape index (κ2) is 3.90. The summed E-state index contributed by atoms with van der Waals surface area (Å²) >= 11 is 1.50. The van der Waals surface area contributed by atoms with Gasteiger partial charge in [-0.2, -0.15) is 0 Å². The van der Waals surface area contributed by atoms with Crippen molar-refractivity contribution in [2.75, 3.05) is 6.61 Å². The summed E-state index contributed by atoms with van der Waals surface area (Å²) in [6.45, 7) is 1.62. The van der Waals surface area contributed by atoms with Gasteiger partial charge in [0.1, 0.15) is 6.04 Å². The summed E-state index contributed by atoms with van der Waals surface area (Å²) < 4.78 is 1.84. The van der Waals surface area contributed by atoms with Crippen LogP contribution in [0.5, 0.6) is 0 Å². The third kappa shape index (κ3) is 1.56. The molecule has 0 spiro atoms. The lowest BCUT2D eigenvalue weighted by atomic mass is 10.2. The van der Waals surface area contributed by atoms with Crippen LogP contribution in [0.4, 0.5) is 0 Å². The molecule has 0 saturated carbocycles. The van der Waals surface area contributed by atoms with Crippen molar-refractivity contribution in [3.8, 4) is 0 Å².